The molecule has 0 radical (unpaired) electrons. The first-order valence-corrected chi connectivity index (χ1v) is 15.2. The van der Waals surface area contributed by atoms with Gasteiger partial charge < -0.3 is 33.9 Å². The summed E-state index contributed by atoms with van der Waals surface area (Å²) in [5.41, 5.74) is -0.576. The summed E-state index contributed by atoms with van der Waals surface area (Å²) in [4.78, 5) is 30.1. The van der Waals surface area contributed by atoms with Gasteiger partial charge in [-0.25, -0.2) is 18.6 Å². The zero-order valence-corrected chi connectivity index (χ0v) is 26.5. The van der Waals surface area contributed by atoms with Gasteiger partial charge in [-0.05, 0) is 63.3 Å². The highest BCUT2D eigenvalue weighted by molar-refractivity contribution is 5.68. The van der Waals surface area contributed by atoms with E-state index in [1.54, 1.807) is 31.9 Å². The molecule has 1 amide bonds. The number of carbonyl (C=O) groups excluding carboxylic acids is 1. The molecule has 45 heavy (non-hydrogen) atoms. The minimum atomic E-state index is -0.725. The van der Waals surface area contributed by atoms with Gasteiger partial charge in [-0.2, -0.15) is 9.97 Å². The highest BCUT2D eigenvalue weighted by Crippen LogP contribution is 2.34. The lowest BCUT2D eigenvalue weighted by atomic mass is 9.94. The van der Waals surface area contributed by atoms with Crippen LogP contribution in [0.25, 0.3) is 0 Å². The zero-order valence-electron chi connectivity index (χ0n) is 26.5. The maximum atomic E-state index is 14.9. The van der Waals surface area contributed by atoms with Gasteiger partial charge in [0.15, 0.2) is 11.6 Å². The van der Waals surface area contributed by atoms with E-state index in [1.807, 2.05) is 13.8 Å². The number of hydrogen-bond donors (Lipinski definition) is 1. The van der Waals surface area contributed by atoms with Crippen LogP contribution in [-0.2, 0) is 4.74 Å². The van der Waals surface area contributed by atoms with Crippen LogP contribution in [-0.4, -0.2) is 77.7 Å². The number of benzene rings is 1. The molecule has 2 aliphatic heterocycles. The molecule has 0 spiro atoms. The van der Waals surface area contributed by atoms with Crippen LogP contribution >= 0.6 is 0 Å². The lowest BCUT2D eigenvalue weighted by Gasteiger charge is -2.30. The Morgan fingerprint density at radius 1 is 1.13 bits per heavy atom. The van der Waals surface area contributed by atoms with E-state index < -0.39 is 35.3 Å². The van der Waals surface area contributed by atoms with Gasteiger partial charge in [0.1, 0.15) is 17.2 Å². The van der Waals surface area contributed by atoms with Crippen LogP contribution in [0.4, 0.5) is 25.5 Å². The quantitative estimate of drug-likeness (QED) is 0.341. The monoisotopic (exact) mass is 629 g/mol. The van der Waals surface area contributed by atoms with Crippen molar-refractivity contribution >= 4 is 18.1 Å². The molecule has 0 aliphatic carbocycles. The van der Waals surface area contributed by atoms with Gasteiger partial charge in [0.05, 0.1) is 26.0 Å². The van der Waals surface area contributed by atoms with E-state index in [-0.39, 0.29) is 30.5 Å². The lowest BCUT2D eigenvalue weighted by molar-refractivity contribution is 0.0504. The van der Waals surface area contributed by atoms with Gasteiger partial charge in [-0.3, -0.25) is 0 Å². The molecule has 12 nitrogen and oxygen atoms in total. The molecule has 2 aliphatic rings. The maximum Gasteiger partial charge on any atom is 0.407 e. The smallest absolute Gasteiger partial charge is 0.407 e. The summed E-state index contributed by atoms with van der Waals surface area (Å²) < 4.78 is 51.5. The third-order valence-electron chi connectivity index (χ3n) is 7.87. The molecule has 244 valence electrons. The number of nitrogens with one attached hydrogen (secondary N) is 1. The number of methoxy groups -OCH3 is 1. The number of aromatic nitrogens is 4. The minimum Gasteiger partial charge on any atom is -0.486 e. The number of anilines is 2. The number of piperidine rings is 1. The summed E-state index contributed by atoms with van der Waals surface area (Å²) in [7, 11) is 1.50. The van der Waals surface area contributed by atoms with E-state index in [0.29, 0.717) is 36.1 Å². The van der Waals surface area contributed by atoms with E-state index in [4.69, 9.17) is 18.7 Å². The van der Waals surface area contributed by atoms with Gasteiger partial charge >= 0.3 is 12.1 Å². The molecule has 0 saturated carbocycles. The van der Waals surface area contributed by atoms with Crippen LogP contribution in [0, 0.1) is 17.6 Å². The summed E-state index contributed by atoms with van der Waals surface area (Å²) in [6.07, 6.45) is 2.67. The topological polar surface area (TPSA) is 128 Å². The van der Waals surface area contributed by atoms with Crippen molar-refractivity contribution in [3.05, 3.63) is 47.4 Å². The number of amides is 1. The Bertz CT molecular complexity index is 1470. The van der Waals surface area contributed by atoms with Gasteiger partial charge in [-0.1, -0.05) is 19.0 Å². The fraction of sp³-hybridized carbons (Fsp3) is 0.581. The number of halogens is 2. The van der Waals surface area contributed by atoms with E-state index in [9.17, 15) is 13.6 Å². The highest BCUT2D eigenvalue weighted by atomic mass is 19.1. The normalized spacial score (nSPS) is 19.2. The van der Waals surface area contributed by atoms with Gasteiger partial charge in [0, 0.05) is 38.0 Å². The molecule has 2 atom stereocenters. The summed E-state index contributed by atoms with van der Waals surface area (Å²) in [6, 6.07) is 3.25. The number of rotatable bonds is 9. The first kappa shape index (κ1) is 32.2. The standard InChI is InChI=1S/C31H41F2N7O5/c1-18(2)26-36-29(45-38-26)39-11-9-19(10-12-39)17-43-25-14-34-28(37-27(25)42-6)40-15-22(21-13-20(32)7-8-23(21)33)24(16-40)35-30(41)44-31(3,4)5/h7-8,13-14,18-19,22,24H,9-12,15-17H2,1-6H3,(H,35,41). The summed E-state index contributed by atoms with van der Waals surface area (Å²) >= 11 is 0. The molecule has 14 heteroatoms. The highest BCUT2D eigenvalue weighted by Gasteiger charge is 2.39. The molecule has 2 unspecified atom stereocenters. The van der Waals surface area contributed by atoms with Crippen molar-refractivity contribution in [2.45, 2.75) is 70.9 Å². The largest absolute Gasteiger partial charge is 0.486 e. The van der Waals surface area contributed by atoms with Crippen LogP contribution in [0.3, 0.4) is 0 Å². The molecule has 2 saturated heterocycles. The summed E-state index contributed by atoms with van der Waals surface area (Å²) in [5, 5.41) is 6.88. The Morgan fingerprint density at radius 3 is 2.56 bits per heavy atom. The van der Waals surface area contributed by atoms with Crippen molar-refractivity contribution in [1.29, 1.82) is 0 Å². The van der Waals surface area contributed by atoms with E-state index in [2.05, 4.69) is 30.3 Å². The fourth-order valence-corrected chi connectivity index (χ4v) is 5.52. The van der Waals surface area contributed by atoms with Crippen LogP contribution in [0.15, 0.2) is 28.9 Å². The van der Waals surface area contributed by atoms with Gasteiger partial charge in [-0.15, -0.1) is 0 Å². The Labute approximate surface area is 261 Å². The Morgan fingerprint density at radius 2 is 1.89 bits per heavy atom. The first-order chi connectivity index (χ1) is 21.4. The fourth-order valence-electron chi connectivity index (χ4n) is 5.52. The van der Waals surface area contributed by atoms with Crippen LogP contribution in [0.2, 0.25) is 0 Å². The molecule has 1 N–H and O–H groups in total. The number of ether oxygens (including phenoxy) is 3. The summed E-state index contributed by atoms with van der Waals surface area (Å²) in [6.45, 7) is 11.8. The van der Waals surface area contributed by atoms with E-state index in [1.165, 1.54) is 7.11 Å². The molecule has 3 aromatic rings. The van der Waals surface area contributed by atoms with Crippen molar-refractivity contribution < 1.29 is 32.3 Å². The third kappa shape index (κ3) is 7.90. The Balaban J connectivity index is 1.24. The second-order valence-electron chi connectivity index (χ2n) is 12.8. The second-order valence-corrected chi connectivity index (χ2v) is 12.8. The van der Waals surface area contributed by atoms with Crippen LogP contribution in [0.5, 0.6) is 11.6 Å². The lowest BCUT2D eigenvalue weighted by Crippen LogP contribution is -2.43. The van der Waals surface area contributed by atoms with Crippen molar-refractivity contribution in [3.8, 4) is 11.6 Å². The van der Waals surface area contributed by atoms with Crippen LogP contribution < -0.4 is 24.6 Å². The number of nitrogens with zero attached hydrogens (tertiary/aromatic N) is 6. The average Bonchev–Trinajstić information content (AvgIpc) is 3.65. The Kier molecular flexibility index (Phi) is 9.59. The van der Waals surface area contributed by atoms with Crippen molar-refractivity contribution in [1.82, 2.24) is 25.4 Å². The Hall–Kier alpha value is -4.23. The van der Waals surface area contributed by atoms with Crippen molar-refractivity contribution in [2.75, 3.05) is 49.7 Å². The molecule has 4 heterocycles. The molecule has 0 bridgehead atoms. The SMILES string of the molecule is COc1nc(N2CC(NC(=O)OC(C)(C)C)C(c3cc(F)ccc3F)C2)ncc1OCC1CCN(c2nc(C(C)C)no2)CC1. The number of carbonyl (C=O) groups is 1. The van der Waals surface area contributed by atoms with Crippen molar-refractivity contribution in [2.24, 2.45) is 5.92 Å². The molecule has 2 fully saturated rings. The molecule has 5 rings (SSSR count). The summed E-state index contributed by atoms with van der Waals surface area (Å²) in [5.74, 6) is 0.446. The minimum absolute atomic E-state index is 0.149. The second kappa shape index (κ2) is 13.4. The molecule has 1 aromatic carbocycles. The molecular formula is C31H41F2N7O5. The predicted octanol–water partition coefficient (Wildman–Crippen LogP) is 5.06. The maximum absolute atomic E-state index is 14.9. The molecule has 2 aromatic heterocycles. The van der Waals surface area contributed by atoms with Crippen LogP contribution in [0.1, 0.15) is 70.7 Å². The first-order valence-electron chi connectivity index (χ1n) is 15.2. The van der Waals surface area contributed by atoms with Gasteiger partial charge in [0.2, 0.25) is 5.95 Å². The molecular weight excluding hydrogens is 588 g/mol. The van der Waals surface area contributed by atoms with Gasteiger partial charge in [0.25, 0.3) is 5.88 Å². The number of hydrogen-bond acceptors (Lipinski definition) is 11. The van der Waals surface area contributed by atoms with Crippen molar-refractivity contribution in [3.63, 3.8) is 0 Å². The number of alkyl carbamates (subject to hydrolysis) is 1. The predicted molar refractivity (Wildman–Crippen MR) is 162 cm³/mol. The third-order valence-corrected chi connectivity index (χ3v) is 7.87. The van der Waals surface area contributed by atoms with E-state index >= 15 is 0 Å². The van der Waals surface area contributed by atoms with E-state index in [0.717, 1.165) is 44.1 Å². The zero-order chi connectivity index (χ0) is 32.3. The average molecular weight is 630 g/mol.